The van der Waals surface area contributed by atoms with Crippen molar-refractivity contribution in [2.45, 2.75) is 39.3 Å². The number of rotatable bonds is 10. The number of nitrogens with zero attached hydrogens (tertiary/aromatic N) is 2. The largest absolute Gasteiger partial charge is 0.497 e. The SMILES string of the molecule is CCCC1=C(C(=O)OCC)[C@H](c2cc(OC)ccc2OC)n2c(s/c(=C\c3ccc(OC(F)F)cc3)c2=O)=N1. The highest BCUT2D eigenvalue weighted by atomic mass is 32.1. The van der Waals surface area contributed by atoms with Gasteiger partial charge < -0.3 is 18.9 Å². The number of esters is 1. The fourth-order valence-corrected chi connectivity index (χ4v) is 5.39. The van der Waals surface area contributed by atoms with E-state index in [9.17, 15) is 18.4 Å². The number of hydrogen-bond acceptors (Lipinski definition) is 8. The lowest BCUT2D eigenvalue weighted by Gasteiger charge is -2.27. The maximum Gasteiger partial charge on any atom is 0.387 e. The maximum atomic E-state index is 13.9. The van der Waals surface area contributed by atoms with Crippen LogP contribution >= 0.6 is 11.3 Å². The highest BCUT2D eigenvalue weighted by molar-refractivity contribution is 7.07. The van der Waals surface area contributed by atoms with Crippen LogP contribution < -0.4 is 29.1 Å². The number of fused-ring (bicyclic) bond motifs is 1. The summed E-state index contributed by atoms with van der Waals surface area (Å²) in [5.74, 6) is 0.432. The number of methoxy groups -OCH3 is 2. The molecule has 3 aromatic rings. The fraction of sp³-hybridized carbons (Fsp3) is 0.321. The summed E-state index contributed by atoms with van der Waals surface area (Å²) in [5.41, 5.74) is 1.57. The van der Waals surface area contributed by atoms with Gasteiger partial charge in [0.1, 0.15) is 23.3 Å². The first-order chi connectivity index (χ1) is 18.8. The van der Waals surface area contributed by atoms with E-state index in [1.165, 1.54) is 42.3 Å². The lowest BCUT2D eigenvalue weighted by atomic mass is 9.93. The summed E-state index contributed by atoms with van der Waals surface area (Å²) in [7, 11) is 3.04. The van der Waals surface area contributed by atoms with Crippen LogP contribution in [0, 0.1) is 0 Å². The third-order valence-electron chi connectivity index (χ3n) is 6.03. The van der Waals surface area contributed by atoms with Crippen LogP contribution in [0.1, 0.15) is 43.9 Å². The highest BCUT2D eigenvalue weighted by Gasteiger charge is 2.36. The number of halogens is 2. The van der Waals surface area contributed by atoms with E-state index >= 15 is 0 Å². The van der Waals surface area contributed by atoms with Gasteiger partial charge in [-0.1, -0.05) is 36.8 Å². The molecule has 0 N–H and O–H groups in total. The van der Waals surface area contributed by atoms with E-state index in [1.54, 1.807) is 43.3 Å². The van der Waals surface area contributed by atoms with Gasteiger partial charge in [-0.15, -0.1) is 0 Å². The number of allylic oxidation sites excluding steroid dienone is 1. The molecule has 2 heterocycles. The lowest BCUT2D eigenvalue weighted by Crippen LogP contribution is -2.40. The number of carbonyl (C=O) groups is 1. The van der Waals surface area contributed by atoms with Crippen molar-refractivity contribution in [3.63, 3.8) is 0 Å². The smallest absolute Gasteiger partial charge is 0.387 e. The normalized spacial score (nSPS) is 15.2. The molecule has 1 aliphatic heterocycles. The molecular weight excluding hydrogens is 530 g/mol. The Bertz CT molecular complexity index is 1560. The van der Waals surface area contributed by atoms with Crippen molar-refractivity contribution in [1.82, 2.24) is 4.57 Å². The summed E-state index contributed by atoms with van der Waals surface area (Å²) in [6.45, 7) is 0.910. The summed E-state index contributed by atoms with van der Waals surface area (Å²) in [4.78, 5) is 32.4. The van der Waals surface area contributed by atoms with Gasteiger partial charge in [0, 0.05) is 5.56 Å². The van der Waals surface area contributed by atoms with Crippen molar-refractivity contribution in [2.75, 3.05) is 20.8 Å². The van der Waals surface area contributed by atoms with Gasteiger partial charge in [-0.25, -0.2) is 9.79 Å². The molecule has 1 aromatic heterocycles. The number of ether oxygens (including phenoxy) is 4. The number of thiazole rings is 1. The molecule has 0 spiro atoms. The van der Waals surface area contributed by atoms with E-state index in [1.807, 2.05) is 6.92 Å². The first-order valence-electron chi connectivity index (χ1n) is 12.3. The molecule has 1 aliphatic rings. The number of alkyl halides is 2. The van der Waals surface area contributed by atoms with Crippen LogP contribution in [-0.2, 0) is 9.53 Å². The van der Waals surface area contributed by atoms with Crippen molar-refractivity contribution >= 4 is 23.4 Å². The van der Waals surface area contributed by atoms with E-state index in [4.69, 9.17) is 19.2 Å². The Hall–Kier alpha value is -3.99. The standard InChI is InChI=1S/C28H28F2N2O6S/c1-5-7-20-23(26(34)37-6-2)24(19-15-18(35-3)12-13-21(19)36-4)32-25(33)22(39-28(32)31-20)14-16-8-10-17(11-9-16)38-27(29)30/h8-15,24,27H,5-7H2,1-4H3/b22-14-/t24-/m0/s1. The average Bonchev–Trinajstić information content (AvgIpc) is 3.22. The molecule has 39 heavy (non-hydrogen) atoms. The van der Waals surface area contributed by atoms with Gasteiger partial charge in [0.25, 0.3) is 5.56 Å². The van der Waals surface area contributed by atoms with Gasteiger partial charge in [0.05, 0.1) is 36.6 Å². The third kappa shape index (κ3) is 5.88. The van der Waals surface area contributed by atoms with Crippen LogP contribution in [0.3, 0.4) is 0 Å². The van der Waals surface area contributed by atoms with Gasteiger partial charge in [-0.2, -0.15) is 8.78 Å². The Labute approximate surface area is 227 Å². The van der Waals surface area contributed by atoms with Crippen LogP contribution in [-0.4, -0.2) is 38.0 Å². The van der Waals surface area contributed by atoms with Gasteiger partial charge in [-0.05, 0) is 55.3 Å². The van der Waals surface area contributed by atoms with E-state index in [0.717, 1.165) is 0 Å². The van der Waals surface area contributed by atoms with Crippen molar-refractivity contribution in [1.29, 1.82) is 0 Å². The van der Waals surface area contributed by atoms with Crippen LogP contribution in [0.15, 0.2) is 63.5 Å². The predicted molar refractivity (Wildman–Crippen MR) is 142 cm³/mol. The fourth-order valence-electron chi connectivity index (χ4n) is 4.37. The molecule has 1 atom stereocenters. The first-order valence-corrected chi connectivity index (χ1v) is 13.1. The van der Waals surface area contributed by atoms with Gasteiger partial charge in [-0.3, -0.25) is 9.36 Å². The van der Waals surface area contributed by atoms with E-state index in [0.29, 0.717) is 50.5 Å². The van der Waals surface area contributed by atoms with Crippen molar-refractivity contribution in [2.24, 2.45) is 4.99 Å². The Balaban J connectivity index is 1.97. The van der Waals surface area contributed by atoms with Crippen LogP contribution in [0.2, 0.25) is 0 Å². The molecule has 2 aromatic carbocycles. The Morgan fingerprint density at radius 3 is 2.44 bits per heavy atom. The summed E-state index contributed by atoms with van der Waals surface area (Å²) in [6, 6.07) is 10.3. The highest BCUT2D eigenvalue weighted by Crippen LogP contribution is 2.38. The van der Waals surface area contributed by atoms with Crippen LogP contribution in [0.5, 0.6) is 17.2 Å². The average molecular weight is 559 g/mol. The second-order valence-corrected chi connectivity index (χ2v) is 9.48. The second-order valence-electron chi connectivity index (χ2n) is 8.47. The minimum absolute atomic E-state index is 0.0111. The van der Waals surface area contributed by atoms with Crippen molar-refractivity contribution in [3.8, 4) is 17.2 Å². The first kappa shape index (κ1) is 28.0. The zero-order valence-electron chi connectivity index (χ0n) is 21.9. The number of aromatic nitrogens is 1. The number of benzene rings is 2. The molecule has 0 bridgehead atoms. The molecule has 0 saturated carbocycles. The molecule has 0 radical (unpaired) electrons. The minimum atomic E-state index is -2.93. The van der Waals surface area contributed by atoms with Crippen molar-refractivity contribution < 1.29 is 32.5 Å². The topological polar surface area (TPSA) is 88.4 Å². The molecular formula is C28H28F2N2O6S. The summed E-state index contributed by atoms with van der Waals surface area (Å²) >= 11 is 1.17. The van der Waals surface area contributed by atoms with Crippen molar-refractivity contribution in [3.05, 3.63) is 84.5 Å². The van der Waals surface area contributed by atoms with E-state index in [-0.39, 0.29) is 23.5 Å². The number of carbonyl (C=O) groups excluding carboxylic acids is 1. The van der Waals surface area contributed by atoms with Gasteiger partial charge in [0.2, 0.25) is 0 Å². The molecule has 0 unspecified atom stereocenters. The molecule has 0 aliphatic carbocycles. The summed E-state index contributed by atoms with van der Waals surface area (Å²) < 4.78 is 47.7. The Morgan fingerprint density at radius 2 is 1.82 bits per heavy atom. The van der Waals surface area contributed by atoms with Gasteiger partial charge >= 0.3 is 12.6 Å². The van der Waals surface area contributed by atoms with E-state index < -0.39 is 18.6 Å². The van der Waals surface area contributed by atoms with Crippen LogP contribution in [0.4, 0.5) is 8.78 Å². The summed E-state index contributed by atoms with van der Waals surface area (Å²) in [5, 5.41) is 0. The quantitative estimate of drug-likeness (QED) is 0.347. The molecule has 206 valence electrons. The van der Waals surface area contributed by atoms with Crippen LogP contribution in [0.25, 0.3) is 6.08 Å². The zero-order valence-corrected chi connectivity index (χ0v) is 22.7. The molecule has 11 heteroatoms. The molecule has 0 saturated heterocycles. The number of hydrogen-bond donors (Lipinski definition) is 0. The van der Waals surface area contributed by atoms with Gasteiger partial charge in [0.15, 0.2) is 4.80 Å². The second kappa shape index (κ2) is 12.2. The monoisotopic (exact) mass is 558 g/mol. The third-order valence-corrected chi connectivity index (χ3v) is 7.01. The van der Waals surface area contributed by atoms with E-state index in [2.05, 4.69) is 4.74 Å². The molecule has 8 nitrogen and oxygen atoms in total. The predicted octanol–water partition coefficient (Wildman–Crippen LogP) is 4.20. The molecule has 4 rings (SSSR count). The Kier molecular flexibility index (Phi) is 8.80. The Morgan fingerprint density at radius 1 is 1.10 bits per heavy atom. The molecule has 0 fully saturated rings. The lowest BCUT2D eigenvalue weighted by molar-refractivity contribution is -0.139. The molecule has 0 amide bonds. The zero-order chi connectivity index (χ0) is 28.1. The maximum absolute atomic E-state index is 13.9. The summed E-state index contributed by atoms with van der Waals surface area (Å²) in [6.07, 6.45) is 2.85. The minimum Gasteiger partial charge on any atom is -0.497 e.